The van der Waals surface area contributed by atoms with E-state index in [1.165, 1.54) is 0 Å². The lowest BCUT2D eigenvalue weighted by Gasteiger charge is -2.25. The molecule has 2 atom stereocenters. The van der Waals surface area contributed by atoms with Gasteiger partial charge in [-0.3, -0.25) is 0 Å². The van der Waals surface area contributed by atoms with Crippen LogP contribution in [0.2, 0.25) is 0 Å². The standard InChI is InChI=1S/C11H20N2O2/c1-11(2,3)15-10(14)13-5-7-8(6-13)9(7)12-4/h7-9,12H,5-6H2,1-4H3/t7-,8-/m0/s1. The maximum absolute atomic E-state index is 11.7. The molecule has 2 aliphatic rings. The molecule has 1 heterocycles. The lowest BCUT2D eigenvalue weighted by Crippen LogP contribution is -2.38. The Kier molecular flexibility index (Phi) is 2.41. The van der Waals surface area contributed by atoms with Crippen LogP contribution in [0.3, 0.4) is 0 Å². The first-order chi connectivity index (χ1) is 6.92. The molecule has 0 radical (unpaired) electrons. The summed E-state index contributed by atoms with van der Waals surface area (Å²) in [4.78, 5) is 13.5. The number of likely N-dealkylation sites (tertiary alicyclic amines) is 1. The number of ether oxygens (including phenoxy) is 1. The number of hydrogen-bond donors (Lipinski definition) is 1. The monoisotopic (exact) mass is 212 g/mol. The van der Waals surface area contributed by atoms with Gasteiger partial charge in [0.25, 0.3) is 0 Å². The highest BCUT2D eigenvalue weighted by Gasteiger charge is 2.56. The summed E-state index contributed by atoms with van der Waals surface area (Å²) in [6, 6.07) is 0.628. The zero-order valence-electron chi connectivity index (χ0n) is 9.91. The predicted molar refractivity (Wildman–Crippen MR) is 57.6 cm³/mol. The van der Waals surface area contributed by atoms with Gasteiger partial charge in [0.2, 0.25) is 0 Å². The van der Waals surface area contributed by atoms with E-state index in [1.807, 2.05) is 32.7 Å². The van der Waals surface area contributed by atoms with Crippen molar-refractivity contribution in [2.45, 2.75) is 32.4 Å². The Morgan fingerprint density at radius 3 is 2.27 bits per heavy atom. The molecule has 4 heteroatoms. The van der Waals surface area contributed by atoms with Gasteiger partial charge in [0.1, 0.15) is 5.60 Å². The number of hydrogen-bond acceptors (Lipinski definition) is 3. The molecule has 0 aromatic carbocycles. The molecule has 1 amide bonds. The summed E-state index contributed by atoms with van der Waals surface area (Å²) in [5.74, 6) is 1.31. The van der Waals surface area contributed by atoms with Gasteiger partial charge in [-0.25, -0.2) is 4.79 Å². The fourth-order valence-electron chi connectivity index (χ4n) is 2.43. The maximum Gasteiger partial charge on any atom is 0.410 e. The number of nitrogens with one attached hydrogen (secondary N) is 1. The molecule has 0 bridgehead atoms. The van der Waals surface area contributed by atoms with Gasteiger partial charge in [-0.2, -0.15) is 0 Å². The molecule has 1 aliphatic heterocycles. The number of carbonyl (C=O) groups is 1. The zero-order valence-corrected chi connectivity index (χ0v) is 9.91. The first-order valence-corrected chi connectivity index (χ1v) is 5.57. The number of piperidine rings is 1. The molecular weight excluding hydrogens is 192 g/mol. The predicted octanol–water partition coefficient (Wildman–Crippen LogP) is 1.07. The molecule has 4 nitrogen and oxygen atoms in total. The van der Waals surface area contributed by atoms with Crippen molar-refractivity contribution in [2.75, 3.05) is 20.1 Å². The summed E-state index contributed by atoms with van der Waals surface area (Å²) in [7, 11) is 1.99. The van der Waals surface area contributed by atoms with Gasteiger partial charge in [0, 0.05) is 19.1 Å². The lowest BCUT2D eigenvalue weighted by molar-refractivity contribution is 0.0270. The van der Waals surface area contributed by atoms with Gasteiger partial charge in [-0.1, -0.05) is 0 Å². The van der Waals surface area contributed by atoms with Gasteiger partial charge < -0.3 is 15.0 Å². The van der Waals surface area contributed by atoms with Crippen LogP contribution in [0.5, 0.6) is 0 Å². The van der Waals surface area contributed by atoms with Crippen LogP contribution in [0.15, 0.2) is 0 Å². The Morgan fingerprint density at radius 1 is 1.33 bits per heavy atom. The van der Waals surface area contributed by atoms with E-state index < -0.39 is 0 Å². The minimum Gasteiger partial charge on any atom is -0.444 e. The Hall–Kier alpha value is -0.770. The lowest BCUT2D eigenvalue weighted by atomic mass is 10.2. The Balaban J connectivity index is 1.82. The number of carbonyl (C=O) groups excluding carboxylic acids is 1. The van der Waals surface area contributed by atoms with E-state index in [-0.39, 0.29) is 11.7 Å². The van der Waals surface area contributed by atoms with Crippen LogP contribution in [0.25, 0.3) is 0 Å². The largest absolute Gasteiger partial charge is 0.444 e. The summed E-state index contributed by atoms with van der Waals surface area (Å²) >= 11 is 0. The van der Waals surface area contributed by atoms with Crippen molar-refractivity contribution in [3.63, 3.8) is 0 Å². The van der Waals surface area contributed by atoms with E-state index in [9.17, 15) is 4.79 Å². The third kappa shape index (κ3) is 2.09. The Morgan fingerprint density at radius 2 is 1.87 bits per heavy atom. The van der Waals surface area contributed by atoms with E-state index >= 15 is 0 Å². The molecule has 1 aliphatic carbocycles. The van der Waals surface area contributed by atoms with Crippen molar-refractivity contribution in [3.8, 4) is 0 Å². The van der Waals surface area contributed by atoms with Crippen LogP contribution in [0.4, 0.5) is 4.79 Å². The van der Waals surface area contributed by atoms with E-state index in [0.29, 0.717) is 17.9 Å². The summed E-state index contributed by atoms with van der Waals surface area (Å²) in [6.45, 7) is 7.41. The van der Waals surface area contributed by atoms with Gasteiger partial charge in [-0.15, -0.1) is 0 Å². The van der Waals surface area contributed by atoms with E-state index in [4.69, 9.17) is 4.74 Å². The Bertz CT molecular complexity index is 260. The van der Waals surface area contributed by atoms with Crippen LogP contribution < -0.4 is 5.32 Å². The molecular formula is C11H20N2O2. The van der Waals surface area contributed by atoms with Crippen molar-refractivity contribution < 1.29 is 9.53 Å². The first-order valence-electron chi connectivity index (χ1n) is 5.57. The molecule has 0 spiro atoms. The second kappa shape index (κ2) is 3.37. The van der Waals surface area contributed by atoms with Crippen LogP contribution in [-0.4, -0.2) is 42.8 Å². The minimum absolute atomic E-state index is 0.162. The zero-order chi connectivity index (χ0) is 11.2. The van der Waals surface area contributed by atoms with Crippen molar-refractivity contribution in [1.29, 1.82) is 0 Å². The van der Waals surface area contributed by atoms with Crippen LogP contribution in [0.1, 0.15) is 20.8 Å². The molecule has 0 aromatic rings. The van der Waals surface area contributed by atoms with E-state index in [0.717, 1.165) is 13.1 Å². The SMILES string of the molecule is CNC1[C@H]2CN(C(=O)OC(C)(C)C)C[C@H]12. The van der Waals surface area contributed by atoms with Gasteiger partial charge in [0.15, 0.2) is 0 Å². The highest BCUT2D eigenvalue weighted by atomic mass is 16.6. The fourth-order valence-corrected chi connectivity index (χ4v) is 2.43. The average molecular weight is 212 g/mol. The van der Waals surface area contributed by atoms with E-state index in [2.05, 4.69) is 5.32 Å². The molecule has 86 valence electrons. The average Bonchev–Trinajstić information content (AvgIpc) is 2.54. The third-order valence-corrected chi connectivity index (χ3v) is 3.18. The first kappa shape index (κ1) is 10.7. The molecule has 2 rings (SSSR count). The van der Waals surface area contributed by atoms with Gasteiger partial charge in [0.05, 0.1) is 0 Å². The van der Waals surface area contributed by atoms with Gasteiger partial charge >= 0.3 is 6.09 Å². The van der Waals surface area contributed by atoms with Crippen LogP contribution in [0, 0.1) is 11.8 Å². The quantitative estimate of drug-likeness (QED) is 0.707. The van der Waals surface area contributed by atoms with Crippen molar-refractivity contribution in [1.82, 2.24) is 10.2 Å². The van der Waals surface area contributed by atoms with Crippen molar-refractivity contribution in [2.24, 2.45) is 11.8 Å². The third-order valence-electron chi connectivity index (χ3n) is 3.18. The molecule has 0 aromatic heterocycles. The maximum atomic E-state index is 11.7. The number of fused-ring (bicyclic) bond motifs is 1. The normalized spacial score (nSPS) is 33.9. The molecule has 15 heavy (non-hydrogen) atoms. The fraction of sp³-hybridized carbons (Fsp3) is 0.909. The van der Waals surface area contributed by atoms with Gasteiger partial charge in [-0.05, 0) is 39.7 Å². The number of amides is 1. The highest BCUT2D eigenvalue weighted by Crippen LogP contribution is 2.45. The second-order valence-electron chi connectivity index (χ2n) is 5.53. The molecule has 2 fully saturated rings. The van der Waals surface area contributed by atoms with Crippen LogP contribution >= 0.6 is 0 Å². The second-order valence-corrected chi connectivity index (χ2v) is 5.53. The van der Waals surface area contributed by atoms with Crippen LogP contribution in [-0.2, 0) is 4.74 Å². The minimum atomic E-state index is -0.383. The summed E-state index contributed by atoms with van der Waals surface area (Å²) in [6.07, 6.45) is -0.162. The smallest absolute Gasteiger partial charge is 0.410 e. The topological polar surface area (TPSA) is 41.6 Å². The van der Waals surface area contributed by atoms with E-state index in [1.54, 1.807) is 0 Å². The molecule has 0 unspecified atom stereocenters. The highest BCUT2D eigenvalue weighted by molar-refractivity contribution is 5.69. The number of rotatable bonds is 1. The summed E-state index contributed by atoms with van der Waals surface area (Å²) < 4.78 is 5.33. The molecule has 1 saturated heterocycles. The van der Waals surface area contributed by atoms with Crippen molar-refractivity contribution >= 4 is 6.09 Å². The van der Waals surface area contributed by atoms with Crippen molar-refractivity contribution in [3.05, 3.63) is 0 Å². The molecule has 1 N–H and O–H groups in total. The molecule has 1 saturated carbocycles. The Labute approximate surface area is 91.0 Å². The summed E-state index contributed by atoms with van der Waals surface area (Å²) in [5, 5.41) is 3.27. The summed E-state index contributed by atoms with van der Waals surface area (Å²) in [5.41, 5.74) is -0.383. The number of nitrogens with zero attached hydrogens (tertiary/aromatic N) is 1.